The highest BCUT2D eigenvalue weighted by Gasteiger charge is 2.20. The van der Waals surface area contributed by atoms with E-state index in [1.165, 1.54) is 7.11 Å². The SMILES string of the molecule is CO[N+](=O)c1cc(-c2nc(-c3ncc4ccccc4n3)ccc2C)ccc1C. The van der Waals surface area contributed by atoms with Crippen molar-refractivity contribution >= 4 is 16.6 Å². The average molecular weight is 371 g/mol. The van der Waals surface area contributed by atoms with Crippen molar-refractivity contribution in [2.45, 2.75) is 13.8 Å². The number of para-hydroxylation sites is 1. The fraction of sp³-hybridized carbons (Fsp3) is 0.136. The van der Waals surface area contributed by atoms with Crippen LogP contribution in [0.15, 0.2) is 60.8 Å². The van der Waals surface area contributed by atoms with Crippen molar-refractivity contribution < 1.29 is 9.76 Å². The Kier molecular flexibility index (Phi) is 4.53. The molecule has 138 valence electrons. The van der Waals surface area contributed by atoms with Crippen molar-refractivity contribution in [2.24, 2.45) is 0 Å². The fourth-order valence-corrected chi connectivity index (χ4v) is 3.09. The molecule has 0 bridgehead atoms. The highest BCUT2D eigenvalue weighted by atomic mass is 16.8. The molecule has 0 unspecified atom stereocenters. The van der Waals surface area contributed by atoms with Crippen molar-refractivity contribution in [2.75, 3.05) is 7.11 Å². The number of hydrogen-bond acceptors (Lipinski definition) is 5. The van der Waals surface area contributed by atoms with Gasteiger partial charge in [0.15, 0.2) is 12.9 Å². The van der Waals surface area contributed by atoms with Gasteiger partial charge in [-0.15, -0.1) is 0 Å². The van der Waals surface area contributed by atoms with E-state index >= 15 is 0 Å². The van der Waals surface area contributed by atoms with Crippen LogP contribution in [-0.2, 0) is 4.84 Å². The summed E-state index contributed by atoms with van der Waals surface area (Å²) in [5.41, 5.74) is 5.43. The Labute approximate surface area is 162 Å². The standard InChI is InChI=1S/C22H19N4O2/c1-14-8-10-16(12-20(14)26(27)28-3)21-15(2)9-11-19(24-21)22-23-13-17-6-4-5-7-18(17)25-22/h4-13H,1-3H3/q+1. The van der Waals surface area contributed by atoms with Crippen molar-refractivity contribution in [3.63, 3.8) is 0 Å². The molecule has 0 saturated carbocycles. The molecule has 2 aromatic carbocycles. The summed E-state index contributed by atoms with van der Waals surface area (Å²) < 4.78 is 0. The van der Waals surface area contributed by atoms with Gasteiger partial charge in [0.05, 0.1) is 16.1 Å². The van der Waals surface area contributed by atoms with Crippen molar-refractivity contribution in [3.05, 3.63) is 76.8 Å². The van der Waals surface area contributed by atoms with Crippen molar-refractivity contribution in [3.8, 4) is 22.8 Å². The Morgan fingerprint density at radius 3 is 2.54 bits per heavy atom. The number of aromatic nitrogens is 3. The monoisotopic (exact) mass is 371 g/mol. The van der Waals surface area contributed by atoms with E-state index in [-0.39, 0.29) is 0 Å². The molecule has 0 amide bonds. The lowest BCUT2D eigenvalue weighted by molar-refractivity contribution is -0.736. The van der Waals surface area contributed by atoms with Gasteiger partial charge in [0.2, 0.25) is 0 Å². The summed E-state index contributed by atoms with van der Waals surface area (Å²) in [5.74, 6) is 0.564. The zero-order valence-electron chi connectivity index (χ0n) is 15.9. The molecule has 0 N–H and O–H groups in total. The molecule has 2 aromatic heterocycles. The van der Waals surface area contributed by atoms with Crippen LogP contribution in [-0.4, -0.2) is 27.0 Å². The molecule has 0 saturated heterocycles. The first-order chi connectivity index (χ1) is 13.6. The number of fused-ring (bicyclic) bond motifs is 1. The molecule has 0 aliphatic heterocycles. The lowest BCUT2D eigenvalue weighted by atomic mass is 10.0. The second-order valence-corrected chi connectivity index (χ2v) is 6.56. The van der Waals surface area contributed by atoms with Crippen LogP contribution in [0.5, 0.6) is 0 Å². The molecule has 4 aromatic rings. The van der Waals surface area contributed by atoms with Crippen molar-refractivity contribution in [1.82, 2.24) is 15.0 Å². The third-order valence-corrected chi connectivity index (χ3v) is 4.66. The molecular formula is C22H19N4O2+. The first-order valence-corrected chi connectivity index (χ1v) is 8.89. The van der Waals surface area contributed by atoms with Crippen LogP contribution in [0.2, 0.25) is 0 Å². The number of hydrogen-bond donors (Lipinski definition) is 0. The maximum atomic E-state index is 12.0. The summed E-state index contributed by atoms with van der Waals surface area (Å²) in [6.45, 7) is 3.85. The fourth-order valence-electron chi connectivity index (χ4n) is 3.09. The zero-order chi connectivity index (χ0) is 19.7. The lowest BCUT2D eigenvalue weighted by Crippen LogP contribution is -2.01. The quantitative estimate of drug-likeness (QED) is 0.475. The van der Waals surface area contributed by atoms with E-state index in [1.54, 1.807) is 12.3 Å². The van der Waals surface area contributed by atoms with Crippen molar-refractivity contribution in [1.29, 1.82) is 0 Å². The number of benzene rings is 2. The molecule has 0 aliphatic rings. The zero-order valence-corrected chi connectivity index (χ0v) is 15.9. The highest BCUT2D eigenvalue weighted by Crippen LogP contribution is 2.29. The van der Waals surface area contributed by atoms with E-state index in [2.05, 4.69) is 9.97 Å². The summed E-state index contributed by atoms with van der Waals surface area (Å²) in [6.07, 6.45) is 1.80. The maximum absolute atomic E-state index is 12.0. The van der Waals surface area contributed by atoms with E-state index in [0.29, 0.717) is 22.1 Å². The van der Waals surface area contributed by atoms with Crippen LogP contribution in [0, 0.1) is 18.8 Å². The number of nitrogens with zero attached hydrogens (tertiary/aromatic N) is 4. The highest BCUT2D eigenvalue weighted by molar-refractivity contribution is 5.79. The largest absolute Gasteiger partial charge is 0.320 e. The number of pyridine rings is 1. The molecule has 0 radical (unpaired) electrons. The normalized spacial score (nSPS) is 10.8. The number of aryl methyl sites for hydroxylation is 2. The minimum atomic E-state index is 0.452. The van der Waals surface area contributed by atoms with Crippen LogP contribution in [0.25, 0.3) is 33.7 Å². The van der Waals surface area contributed by atoms with Crippen LogP contribution < -0.4 is 0 Å². The molecule has 0 fully saturated rings. The second kappa shape index (κ2) is 7.15. The number of rotatable bonds is 4. The van der Waals surface area contributed by atoms with Gasteiger partial charge in [-0.2, -0.15) is 0 Å². The predicted octanol–water partition coefficient (Wildman–Crippen LogP) is 4.95. The maximum Gasteiger partial charge on any atom is 0.320 e. The minimum absolute atomic E-state index is 0.452. The van der Waals surface area contributed by atoms with Crippen LogP contribution in [0.1, 0.15) is 11.1 Å². The Balaban J connectivity index is 1.82. The average Bonchev–Trinajstić information content (AvgIpc) is 2.73. The van der Waals surface area contributed by atoms with Crippen LogP contribution >= 0.6 is 0 Å². The van der Waals surface area contributed by atoms with Gasteiger partial charge in [-0.05, 0) is 31.5 Å². The van der Waals surface area contributed by atoms with Gasteiger partial charge in [-0.1, -0.05) is 36.4 Å². The Hall–Kier alpha value is -3.67. The first kappa shape index (κ1) is 17.7. The molecule has 6 heteroatoms. The molecule has 0 aliphatic carbocycles. The summed E-state index contributed by atoms with van der Waals surface area (Å²) in [4.78, 5) is 31.2. The third-order valence-electron chi connectivity index (χ3n) is 4.66. The summed E-state index contributed by atoms with van der Waals surface area (Å²) in [7, 11) is 1.35. The molecule has 2 heterocycles. The summed E-state index contributed by atoms with van der Waals surface area (Å²) in [6, 6.07) is 17.4. The Bertz CT molecular complexity index is 1200. The van der Waals surface area contributed by atoms with Crippen LogP contribution in [0.4, 0.5) is 5.69 Å². The van der Waals surface area contributed by atoms with E-state index in [9.17, 15) is 4.91 Å². The third kappa shape index (κ3) is 3.20. The molecule has 6 nitrogen and oxygen atoms in total. The van der Waals surface area contributed by atoms with E-state index < -0.39 is 0 Å². The van der Waals surface area contributed by atoms with Gasteiger partial charge in [-0.25, -0.2) is 19.8 Å². The summed E-state index contributed by atoms with van der Waals surface area (Å²) >= 11 is 0. The smallest absolute Gasteiger partial charge is 0.244 e. The van der Waals surface area contributed by atoms with Gasteiger partial charge in [0.25, 0.3) is 4.92 Å². The molecule has 28 heavy (non-hydrogen) atoms. The predicted molar refractivity (Wildman–Crippen MR) is 108 cm³/mol. The van der Waals surface area contributed by atoms with Gasteiger partial charge in [0.1, 0.15) is 5.69 Å². The summed E-state index contributed by atoms with van der Waals surface area (Å²) in [5, 5.41) is 0.983. The molecular weight excluding hydrogens is 352 g/mol. The van der Waals surface area contributed by atoms with E-state index in [0.717, 1.165) is 33.3 Å². The Morgan fingerprint density at radius 1 is 0.929 bits per heavy atom. The minimum Gasteiger partial charge on any atom is -0.244 e. The molecule has 0 atom stereocenters. The van der Waals surface area contributed by atoms with Gasteiger partial charge < -0.3 is 0 Å². The first-order valence-electron chi connectivity index (χ1n) is 8.89. The van der Waals surface area contributed by atoms with Gasteiger partial charge >= 0.3 is 5.69 Å². The van der Waals surface area contributed by atoms with Gasteiger partial charge in [-0.3, -0.25) is 0 Å². The molecule has 0 spiro atoms. The van der Waals surface area contributed by atoms with E-state index in [4.69, 9.17) is 9.82 Å². The van der Waals surface area contributed by atoms with Crippen LogP contribution in [0.3, 0.4) is 0 Å². The lowest BCUT2D eigenvalue weighted by Gasteiger charge is -2.09. The Morgan fingerprint density at radius 2 is 1.71 bits per heavy atom. The second-order valence-electron chi connectivity index (χ2n) is 6.56. The van der Waals surface area contributed by atoms with Gasteiger partial charge in [0, 0.05) is 28.8 Å². The molecule has 4 rings (SSSR count). The van der Waals surface area contributed by atoms with E-state index in [1.807, 2.05) is 62.4 Å². The topological polar surface area (TPSA) is 68.0 Å².